The predicted molar refractivity (Wildman–Crippen MR) is 83.5 cm³/mol. The molecule has 0 fully saturated rings. The molecule has 0 unspecified atom stereocenters. The van der Waals surface area contributed by atoms with Gasteiger partial charge in [0.1, 0.15) is 5.82 Å². The zero-order valence-electron chi connectivity index (χ0n) is 12.0. The normalized spacial score (nSPS) is 10.8. The van der Waals surface area contributed by atoms with Crippen LogP contribution in [0.5, 0.6) is 0 Å². The first-order valence-electron chi connectivity index (χ1n) is 6.94. The molecule has 1 N–H and O–H groups in total. The topological polar surface area (TPSA) is 32.3 Å². The highest BCUT2D eigenvalue weighted by Gasteiger charge is 2.10. The minimum absolute atomic E-state index is 0.0864. The quantitative estimate of drug-likeness (QED) is 0.853. The van der Waals surface area contributed by atoms with Crippen LogP contribution in [-0.2, 0) is 17.9 Å². The number of rotatable bonds is 7. The van der Waals surface area contributed by atoms with Crippen molar-refractivity contribution < 1.29 is 9.18 Å². The molecule has 0 spiro atoms. The second kappa shape index (κ2) is 7.90. The Morgan fingerprint density at radius 3 is 2.76 bits per heavy atom. The number of hydrogen-bond donors (Lipinski definition) is 1. The van der Waals surface area contributed by atoms with Gasteiger partial charge in [-0.2, -0.15) is 0 Å². The van der Waals surface area contributed by atoms with Gasteiger partial charge in [0.25, 0.3) is 0 Å². The fraction of sp³-hybridized carbons (Fsp3) is 0.312. The monoisotopic (exact) mass is 306 g/mol. The van der Waals surface area contributed by atoms with Crippen LogP contribution in [0.2, 0.25) is 0 Å². The summed E-state index contributed by atoms with van der Waals surface area (Å²) in [6, 6.07) is 10.5. The second-order valence-corrected chi connectivity index (χ2v) is 5.78. The molecule has 0 aliphatic rings. The molecule has 0 saturated heterocycles. The molecule has 0 aliphatic carbocycles. The fourth-order valence-electron chi connectivity index (χ4n) is 2.00. The van der Waals surface area contributed by atoms with Crippen molar-refractivity contribution in [3.8, 4) is 0 Å². The van der Waals surface area contributed by atoms with Crippen LogP contribution in [0.3, 0.4) is 0 Å². The van der Waals surface area contributed by atoms with Gasteiger partial charge in [0.2, 0.25) is 5.91 Å². The minimum Gasteiger partial charge on any atom is -0.351 e. The Kier molecular flexibility index (Phi) is 5.90. The lowest BCUT2D eigenvalue weighted by atomic mass is 10.2. The average molecular weight is 306 g/mol. The van der Waals surface area contributed by atoms with Crippen molar-refractivity contribution in [2.75, 3.05) is 13.1 Å². The molecule has 21 heavy (non-hydrogen) atoms. The number of carbonyl (C=O) groups excluding carboxylic acids is 1. The summed E-state index contributed by atoms with van der Waals surface area (Å²) in [4.78, 5) is 15.2. The van der Waals surface area contributed by atoms with Crippen LogP contribution in [-0.4, -0.2) is 23.9 Å². The summed E-state index contributed by atoms with van der Waals surface area (Å²) in [6.07, 6.45) is 0. The smallest absolute Gasteiger partial charge is 0.234 e. The zero-order valence-corrected chi connectivity index (χ0v) is 12.8. The van der Waals surface area contributed by atoms with E-state index in [1.807, 2.05) is 18.4 Å². The van der Waals surface area contributed by atoms with Crippen molar-refractivity contribution in [2.45, 2.75) is 20.0 Å². The maximum absolute atomic E-state index is 13.5. The van der Waals surface area contributed by atoms with E-state index in [0.717, 1.165) is 13.1 Å². The highest BCUT2D eigenvalue weighted by Crippen LogP contribution is 2.11. The average Bonchev–Trinajstić information content (AvgIpc) is 2.98. The maximum Gasteiger partial charge on any atom is 0.234 e. The van der Waals surface area contributed by atoms with Gasteiger partial charge in [-0.1, -0.05) is 31.2 Å². The number of thiophene rings is 1. The van der Waals surface area contributed by atoms with Gasteiger partial charge in [-0.25, -0.2) is 4.39 Å². The van der Waals surface area contributed by atoms with Gasteiger partial charge >= 0.3 is 0 Å². The molecule has 112 valence electrons. The van der Waals surface area contributed by atoms with E-state index in [4.69, 9.17) is 0 Å². The van der Waals surface area contributed by atoms with Crippen molar-refractivity contribution in [1.29, 1.82) is 0 Å². The van der Waals surface area contributed by atoms with Crippen LogP contribution < -0.4 is 5.32 Å². The zero-order chi connectivity index (χ0) is 15.1. The van der Waals surface area contributed by atoms with Crippen LogP contribution in [0.25, 0.3) is 0 Å². The maximum atomic E-state index is 13.5. The number of halogens is 1. The summed E-state index contributed by atoms with van der Waals surface area (Å²) in [5.41, 5.74) is 0.507. The van der Waals surface area contributed by atoms with Crippen molar-refractivity contribution in [2.24, 2.45) is 0 Å². The van der Waals surface area contributed by atoms with E-state index in [0.29, 0.717) is 12.1 Å². The molecule has 0 bridgehead atoms. The molecular weight excluding hydrogens is 287 g/mol. The Hall–Kier alpha value is -1.72. The summed E-state index contributed by atoms with van der Waals surface area (Å²) in [7, 11) is 0. The molecule has 1 heterocycles. The number of carbonyl (C=O) groups is 1. The van der Waals surface area contributed by atoms with E-state index >= 15 is 0 Å². The summed E-state index contributed by atoms with van der Waals surface area (Å²) in [6.45, 7) is 4.13. The van der Waals surface area contributed by atoms with Crippen LogP contribution in [0.1, 0.15) is 17.4 Å². The predicted octanol–water partition coefficient (Wildman–Crippen LogP) is 3.03. The molecule has 0 radical (unpaired) electrons. The molecule has 5 heteroatoms. The summed E-state index contributed by atoms with van der Waals surface area (Å²) >= 11 is 1.68. The Labute approximate surface area is 128 Å². The standard InChI is InChI=1S/C16H19FN2OS/c1-2-19(11-14-7-5-9-21-14)12-16(20)18-10-13-6-3-4-8-15(13)17/h3-9H,2,10-12H2,1H3,(H,18,20). The van der Waals surface area contributed by atoms with Gasteiger partial charge in [0, 0.05) is 23.5 Å². The van der Waals surface area contributed by atoms with Crippen molar-refractivity contribution in [3.05, 3.63) is 58.0 Å². The van der Waals surface area contributed by atoms with E-state index in [2.05, 4.69) is 16.3 Å². The van der Waals surface area contributed by atoms with Crippen LogP contribution in [0, 0.1) is 5.82 Å². The van der Waals surface area contributed by atoms with Crippen LogP contribution >= 0.6 is 11.3 Å². The molecule has 1 aromatic heterocycles. The van der Waals surface area contributed by atoms with Crippen molar-refractivity contribution >= 4 is 17.2 Å². The minimum atomic E-state index is -0.288. The highest BCUT2D eigenvalue weighted by atomic mass is 32.1. The number of likely N-dealkylation sites (N-methyl/N-ethyl adjacent to an activating group) is 1. The SMILES string of the molecule is CCN(CC(=O)NCc1ccccc1F)Cc1cccs1. The largest absolute Gasteiger partial charge is 0.351 e. The molecule has 1 aromatic carbocycles. The van der Waals surface area contributed by atoms with Crippen molar-refractivity contribution in [3.63, 3.8) is 0 Å². The molecule has 0 atom stereocenters. The lowest BCUT2D eigenvalue weighted by molar-refractivity contribution is -0.122. The molecule has 1 amide bonds. The Morgan fingerprint density at radius 1 is 1.29 bits per heavy atom. The van der Waals surface area contributed by atoms with Gasteiger partial charge in [-0.15, -0.1) is 11.3 Å². The summed E-state index contributed by atoms with van der Waals surface area (Å²) < 4.78 is 13.5. The lowest BCUT2D eigenvalue weighted by Gasteiger charge is -2.19. The van der Waals surface area contributed by atoms with Gasteiger partial charge in [0.05, 0.1) is 6.54 Å². The van der Waals surface area contributed by atoms with Crippen LogP contribution in [0.4, 0.5) is 4.39 Å². The van der Waals surface area contributed by atoms with Crippen molar-refractivity contribution in [1.82, 2.24) is 10.2 Å². The Balaban J connectivity index is 1.81. The molecule has 0 saturated carbocycles. The number of benzene rings is 1. The van der Waals surface area contributed by atoms with E-state index in [9.17, 15) is 9.18 Å². The number of nitrogens with one attached hydrogen (secondary N) is 1. The first kappa shape index (κ1) is 15.7. The Bertz CT molecular complexity index is 571. The molecular formula is C16H19FN2OS. The second-order valence-electron chi connectivity index (χ2n) is 4.75. The van der Waals surface area contributed by atoms with Gasteiger partial charge < -0.3 is 5.32 Å². The van der Waals surface area contributed by atoms with E-state index in [-0.39, 0.29) is 18.3 Å². The molecule has 3 nitrogen and oxygen atoms in total. The van der Waals surface area contributed by atoms with Gasteiger partial charge in [-0.05, 0) is 24.1 Å². The lowest BCUT2D eigenvalue weighted by Crippen LogP contribution is -2.36. The van der Waals surface area contributed by atoms with Gasteiger partial charge in [-0.3, -0.25) is 9.69 Å². The molecule has 0 aliphatic heterocycles. The molecule has 2 rings (SSSR count). The number of hydrogen-bond acceptors (Lipinski definition) is 3. The third-order valence-electron chi connectivity index (χ3n) is 3.21. The molecule has 2 aromatic rings. The Morgan fingerprint density at radius 2 is 2.10 bits per heavy atom. The third-order valence-corrected chi connectivity index (χ3v) is 4.07. The third kappa shape index (κ3) is 4.95. The highest BCUT2D eigenvalue weighted by molar-refractivity contribution is 7.09. The van der Waals surface area contributed by atoms with E-state index in [1.54, 1.807) is 29.5 Å². The van der Waals surface area contributed by atoms with E-state index < -0.39 is 0 Å². The first-order chi connectivity index (χ1) is 10.2. The van der Waals surface area contributed by atoms with Crippen LogP contribution in [0.15, 0.2) is 41.8 Å². The summed E-state index contributed by atoms with van der Waals surface area (Å²) in [5.74, 6) is -0.375. The summed E-state index contributed by atoms with van der Waals surface area (Å²) in [5, 5.41) is 4.80. The first-order valence-corrected chi connectivity index (χ1v) is 7.82. The fourth-order valence-corrected chi connectivity index (χ4v) is 2.74. The number of nitrogens with zero attached hydrogens (tertiary/aromatic N) is 1. The van der Waals surface area contributed by atoms with Gasteiger partial charge in [0.15, 0.2) is 0 Å². The van der Waals surface area contributed by atoms with E-state index in [1.165, 1.54) is 10.9 Å². The number of amides is 1.